The van der Waals surface area contributed by atoms with Gasteiger partial charge in [0.2, 0.25) is 0 Å². The van der Waals surface area contributed by atoms with Gasteiger partial charge in [0.1, 0.15) is 43.2 Å². The summed E-state index contributed by atoms with van der Waals surface area (Å²) in [6, 6.07) is 0. The van der Waals surface area contributed by atoms with E-state index >= 15 is 0 Å². The van der Waals surface area contributed by atoms with Crippen molar-refractivity contribution in [2.45, 2.75) is 224 Å². The summed E-state index contributed by atoms with van der Waals surface area (Å²) in [6.45, 7) is 3.22. The number of hydrogen-bond donors (Lipinski definition) is 6. The maximum absolute atomic E-state index is 12.8. The van der Waals surface area contributed by atoms with E-state index in [2.05, 4.69) is 62.5 Å². The van der Waals surface area contributed by atoms with Crippen LogP contribution < -0.4 is 0 Å². The molecule has 0 aliphatic heterocycles. The highest BCUT2D eigenvalue weighted by Gasteiger charge is 2.51. The molecule has 0 aromatic carbocycles. The van der Waals surface area contributed by atoms with Crippen LogP contribution in [0, 0.1) is 0 Å². The minimum atomic E-state index is -5.13. The highest BCUT2D eigenvalue weighted by molar-refractivity contribution is 7.47. The first-order valence-electron chi connectivity index (χ1n) is 24.1. The number of phosphoric ester groups is 1. The lowest BCUT2D eigenvalue weighted by Crippen LogP contribution is -2.64. The second-order valence-corrected chi connectivity index (χ2v) is 18.0. The number of hydrogen-bond acceptors (Lipinski definition) is 12. The monoisotopic (exact) mass is 913 g/mol. The smallest absolute Gasteiger partial charge is 0.462 e. The lowest BCUT2D eigenvalue weighted by Gasteiger charge is -2.41. The van der Waals surface area contributed by atoms with Crippen molar-refractivity contribution >= 4 is 19.8 Å². The second-order valence-electron chi connectivity index (χ2n) is 16.6. The van der Waals surface area contributed by atoms with E-state index in [1.54, 1.807) is 0 Å². The van der Waals surface area contributed by atoms with Crippen LogP contribution in [0.3, 0.4) is 0 Å². The molecule has 6 unspecified atom stereocenters. The normalized spacial score (nSPS) is 22.2. The van der Waals surface area contributed by atoms with Crippen LogP contribution in [-0.4, -0.2) is 98.3 Å². The highest BCUT2D eigenvalue weighted by atomic mass is 31.2. The van der Waals surface area contributed by atoms with Crippen molar-refractivity contribution in [3.8, 4) is 0 Å². The largest absolute Gasteiger partial charge is 0.472 e. The number of unbranched alkanes of at least 4 members (excludes halogenated alkanes) is 17. The fourth-order valence-corrected chi connectivity index (χ4v) is 7.89. The summed E-state index contributed by atoms with van der Waals surface area (Å²) in [5.41, 5.74) is 0. The Bertz CT molecular complexity index is 1330. The number of allylic oxidation sites excluding steroid dienone is 10. The number of phosphoric acid groups is 1. The molecule has 1 aliphatic carbocycles. The first-order chi connectivity index (χ1) is 30.4. The zero-order chi connectivity index (χ0) is 46.4. The molecule has 13 nitrogen and oxygen atoms in total. The molecule has 0 radical (unpaired) electrons. The van der Waals surface area contributed by atoms with Gasteiger partial charge in [-0.3, -0.25) is 18.6 Å². The Morgan fingerprint density at radius 1 is 0.492 bits per heavy atom. The van der Waals surface area contributed by atoms with Gasteiger partial charge in [-0.15, -0.1) is 0 Å². The lowest BCUT2D eigenvalue weighted by molar-refractivity contribution is -0.220. The van der Waals surface area contributed by atoms with Gasteiger partial charge in [0.05, 0.1) is 6.61 Å². The fourth-order valence-electron chi connectivity index (χ4n) is 6.92. The minimum Gasteiger partial charge on any atom is -0.462 e. The van der Waals surface area contributed by atoms with Crippen molar-refractivity contribution in [2.75, 3.05) is 13.2 Å². The topological polar surface area (TPSA) is 210 Å². The maximum Gasteiger partial charge on any atom is 0.472 e. The van der Waals surface area contributed by atoms with Gasteiger partial charge in [-0.2, -0.15) is 0 Å². The number of esters is 2. The van der Waals surface area contributed by atoms with Crippen molar-refractivity contribution in [2.24, 2.45) is 0 Å². The molecule has 6 N–H and O–H groups in total. The molecule has 0 spiro atoms. The third-order valence-electron chi connectivity index (χ3n) is 10.8. The lowest BCUT2D eigenvalue weighted by atomic mass is 9.85. The number of aliphatic hydroxyl groups excluding tert-OH is 5. The van der Waals surface area contributed by atoms with Gasteiger partial charge in [0.15, 0.2) is 6.10 Å². The van der Waals surface area contributed by atoms with E-state index in [1.165, 1.54) is 70.6 Å². The van der Waals surface area contributed by atoms with Crippen LogP contribution in [0.5, 0.6) is 0 Å². The van der Waals surface area contributed by atoms with Crippen LogP contribution in [-0.2, 0) is 32.7 Å². The molecule has 63 heavy (non-hydrogen) atoms. The minimum absolute atomic E-state index is 0.0726. The number of carbonyl (C=O) groups is 2. The quantitative estimate of drug-likeness (QED) is 0.0147. The van der Waals surface area contributed by atoms with E-state index in [0.717, 1.165) is 64.2 Å². The number of rotatable bonds is 39. The molecular formula is C49H85O13P. The summed E-state index contributed by atoms with van der Waals surface area (Å²) in [7, 11) is -5.13. The third kappa shape index (κ3) is 31.2. The van der Waals surface area contributed by atoms with Crippen LogP contribution in [0.1, 0.15) is 181 Å². The second kappa shape index (κ2) is 38.8. The Morgan fingerprint density at radius 3 is 1.38 bits per heavy atom. The molecule has 0 aromatic heterocycles. The van der Waals surface area contributed by atoms with Crippen molar-refractivity contribution in [3.05, 3.63) is 60.8 Å². The fraction of sp³-hybridized carbons (Fsp3) is 0.755. The number of carbonyl (C=O) groups excluding carboxylic acids is 2. The molecule has 0 heterocycles. The van der Waals surface area contributed by atoms with Gasteiger partial charge in [0, 0.05) is 12.8 Å². The van der Waals surface area contributed by atoms with E-state index in [4.69, 9.17) is 18.5 Å². The third-order valence-corrected chi connectivity index (χ3v) is 11.8. The highest BCUT2D eigenvalue weighted by Crippen LogP contribution is 2.47. The Labute approximate surface area is 379 Å². The summed E-state index contributed by atoms with van der Waals surface area (Å²) in [4.78, 5) is 35.7. The van der Waals surface area contributed by atoms with Crippen molar-refractivity contribution in [3.63, 3.8) is 0 Å². The number of ether oxygens (including phenoxy) is 2. The molecule has 14 heteroatoms. The van der Waals surface area contributed by atoms with Crippen molar-refractivity contribution in [1.82, 2.24) is 0 Å². The van der Waals surface area contributed by atoms with Gasteiger partial charge in [-0.1, -0.05) is 152 Å². The Morgan fingerprint density at radius 2 is 0.873 bits per heavy atom. The van der Waals surface area contributed by atoms with Crippen molar-refractivity contribution in [1.29, 1.82) is 0 Å². The van der Waals surface area contributed by atoms with Gasteiger partial charge in [-0.05, 0) is 77.0 Å². The summed E-state index contributed by atoms with van der Waals surface area (Å²) in [5.74, 6) is -1.18. The van der Waals surface area contributed by atoms with Crippen LogP contribution in [0.2, 0.25) is 0 Å². The molecule has 1 rings (SSSR count). The Hall–Kier alpha value is -2.45. The SMILES string of the molecule is CCCCCC/C=C/CCCCCCCC(=O)O[C@@H](COC(=O)CCC/C=C/C/C=C/C/C=C/C/C=C/CCCCCCCCC)COP(=O)(O)OC1C(O)C(O)C(O)[C@H](O)C1O. The summed E-state index contributed by atoms with van der Waals surface area (Å²) in [5, 5.41) is 50.1. The zero-order valence-electron chi connectivity index (χ0n) is 38.6. The molecule has 8 atom stereocenters. The Kier molecular flexibility index (Phi) is 36.1. The zero-order valence-corrected chi connectivity index (χ0v) is 39.5. The van der Waals surface area contributed by atoms with Crippen LogP contribution in [0.15, 0.2) is 60.8 Å². The molecule has 1 fully saturated rings. The first-order valence-corrected chi connectivity index (χ1v) is 25.6. The molecule has 0 amide bonds. The molecule has 364 valence electrons. The average molecular weight is 913 g/mol. The molecule has 0 aromatic rings. The predicted molar refractivity (Wildman–Crippen MR) is 249 cm³/mol. The van der Waals surface area contributed by atoms with Gasteiger partial charge >= 0.3 is 19.8 Å². The van der Waals surface area contributed by atoms with E-state index < -0.39 is 75.7 Å². The molecule has 0 saturated heterocycles. The van der Waals surface area contributed by atoms with Gasteiger partial charge in [-0.25, -0.2) is 4.57 Å². The van der Waals surface area contributed by atoms with E-state index in [0.29, 0.717) is 19.3 Å². The predicted octanol–water partition coefficient (Wildman–Crippen LogP) is 9.73. The van der Waals surface area contributed by atoms with Crippen LogP contribution >= 0.6 is 7.82 Å². The first kappa shape index (κ1) is 58.6. The van der Waals surface area contributed by atoms with Gasteiger partial charge in [0.25, 0.3) is 0 Å². The van der Waals surface area contributed by atoms with Crippen molar-refractivity contribution < 1.29 is 63.1 Å². The molecule has 0 bridgehead atoms. The standard InChI is InChI=1S/C49H85O13P/c1-3-5-7-9-11-13-15-17-18-19-20-21-22-23-24-26-27-29-31-33-35-37-42(50)59-39-41(40-60-63(57,58)62-49-47(55)45(53)44(52)46(54)48(49)56)61-43(51)38-36-34-32-30-28-25-16-14-12-10-8-6-4-2/h14,16,18-19,21-22,24,26,29,31,41,44-49,52-56H,3-13,15,17,20,23,25,27-28,30,32-40H2,1-2H3,(H,57,58)/b16-14+,19-18+,22-21+,26-24+,31-29+/t41-,44?,45-,46?,47?,48?,49?/m0/s1. The molecule has 1 aliphatic rings. The summed E-state index contributed by atoms with van der Waals surface area (Å²) in [6.07, 6.45) is 34.3. The van der Waals surface area contributed by atoms with E-state index in [9.17, 15) is 44.6 Å². The average Bonchev–Trinajstić information content (AvgIpc) is 3.26. The maximum atomic E-state index is 12.8. The van der Waals surface area contributed by atoms with Crippen LogP contribution in [0.25, 0.3) is 0 Å². The molecular weight excluding hydrogens is 828 g/mol. The van der Waals surface area contributed by atoms with Gasteiger partial charge < -0.3 is 39.9 Å². The Balaban J connectivity index is 2.47. The number of aliphatic hydroxyl groups is 5. The molecule has 1 saturated carbocycles. The summed E-state index contributed by atoms with van der Waals surface area (Å²) < 4.78 is 33.5. The van der Waals surface area contributed by atoms with E-state index in [1.807, 2.05) is 12.2 Å². The van der Waals surface area contributed by atoms with Crippen LogP contribution in [0.4, 0.5) is 0 Å². The van der Waals surface area contributed by atoms with E-state index in [-0.39, 0.29) is 12.8 Å². The summed E-state index contributed by atoms with van der Waals surface area (Å²) >= 11 is 0.